The van der Waals surface area contributed by atoms with Crippen LogP contribution in [0.3, 0.4) is 0 Å². The number of hydrogen-bond acceptors (Lipinski definition) is 4. The minimum Gasteiger partial charge on any atom is -0.493 e. The molecule has 0 atom stereocenters. The molecular formula is C23H20O4. The van der Waals surface area contributed by atoms with Crippen LogP contribution in [0.5, 0.6) is 28.7 Å². The number of para-hydroxylation sites is 1. The molecule has 1 aliphatic heterocycles. The number of rotatable bonds is 5. The number of ether oxygens (including phenoxy) is 4. The minimum atomic E-state index is 0.475. The van der Waals surface area contributed by atoms with E-state index < -0.39 is 0 Å². The molecule has 0 amide bonds. The molecule has 0 saturated carbocycles. The van der Waals surface area contributed by atoms with Crippen molar-refractivity contribution in [3.63, 3.8) is 0 Å². The molecule has 4 nitrogen and oxygen atoms in total. The van der Waals surface area contributed by atoms with Gasteiger partial charge in [-0.15, -0.1) is 0 Å². The van der Waals surface area contributed by atoms with E-state index in [9.17, 15) is 0 Å². The smallest absolute Gasteiger partial charge is 0.176 e. The molecule has 0 fully saturated rings. The van der Waals surface area contributed by atoms with Crippen LogP contribution in [0.2, 0.25) is 0 Å². The number of hydrogen-bond donors (Lipinski definition) is 0. The summed E-state index contributed by atoms with van der Waals surface area (Å²) >= 11 is 0. The van der Waals surface area contributed by atoms with Gasteiger partial charge in [-0.05, 0) is 17.7 Å². The molecule has 27 heavy (non-hydrogen) atoms. The second-order valence-electron chi connectivity index (χ2n) is 6.13. The van der Waals surface area contributed by atoms with Gasteiger partial charge in [0.1, 0.15) is 12.4 Å². The highest BCUT2D eigenvalue weighted by atomic mass is 16.5. The topological polar surface area (TPSA) is 36.9 Å². The van der Waals surface area contributed by atoms with E-state index in [-0.39, 0.29) is 0 Å². The van der Waals surface area contributed by atoms with Gasteiger partial charge in [-0.2, -0.15) is 0 Å². The summed E-state index contributed by atoms with van der Waals surface area (Å²) in [4.78, 5) is 0. The Labute approximate surface area is 158 Å². The molecule has 3 aromatic rings. The first-order valence-electron chi connectivity index (χ1n) is 8.70. The average molecular weight is 360 g/mol. The zero-order valence-electron chi connectivity index (χ0n) is 15.3. The second kappa shape index (κ2) is 7.46. The van der Waals surface area contributed by atoms with Crippen LogP contribution in [0.1, 0.15) is 16.7 Å². The highest BCUT2D eigenvalue weighted by molar-refractivity contribution is 5.80. The van der Waals surface area contributed by atoms with E-state index in [1.165, 1.54) is 0 Å². The third kappa shape index (κ3) is 3.47. The van der Waals surface area contributed by atoms with Crippen molar-refractivity contribution in [2.24, 2.45) is 0 Å². The van der Waals surface area contributed by atoms with Crippen molar-refractivity contribution in [2.75, 3.05) is 14.2 Å². The van der Waals surface area contributed by atoms with Crippen molar-refractivity contribution in [3.8, 4) is 28.7 Å². The summed E-state index contributed by atoms with van der Waals surface area (Å²) in [6.45, 7) is 0.475. The third-order valence-electron chi connectivity index (χ3n) is 4.42. The van der Waals surface area contributed by atoms with E-state index in [1.807, 2.05) is 72.8 Å². The number of benzene rings is 3. The van der Waals surface area contributed by atoms with Gasteiger partial charge in [0.2, 0.25) is 0 Å². The van der Waals surface area contributed by atoms with E-state index in [2.05, 4.69) is 0 Å². The van der Waals surface area contributed by atoms with Crippen molar-refractivity contribution >= 4 is 12.2 Å². The lowest BCUT2D eigenvalue weighted by Gasteiger charge is -2.16. The Morgan fingerprint density at radius 1 is 0.741 bits per heavy atom. The monoisotopic (exact) mass is 360 g/mol. The Balaban J connectivity index is 1.68. The summed E-state index contributed by atoms with van der Waals surface area (Å²) in [6, 6.07) is 19.7. The van der Waals surface area contributed by atoms with Crippen LogP contribution in [0, 0.1) is 0 Å². The van der Waals surface area contributed by atoms with Gasteiger partial charge >= 0.3 is 0 Å². The largest absolute Gasteiger partial charge is 0.493 e. The highest BCUT2D eigenvalue weighted by Crippen LogP contribution is 2.44. The van der Waals surface area contributed by atoms with Crippen LogP contribution in [-0.2, 0) is 6.61 Å². The summed E-state index contributed by atoms with van der Waals surface area (Å²) < 4.78 is 23.1. The second-order valence-corrected chi connectivity index (χ2v) is 6.13. The fraction of sp³-hybridized carbons (Fsp3) is 0.130. The molecule has 4 rings (SSSR count). The van der Waals surface area contributed by atoms with E-state index in [0.717, 1.165) is 16.7 Å². The lowest BCUT2D eigenvalue weighted by Crippen LogP contribution is -1.99. The van der Waals surface area contributed by atoms with Gasteiger partial charge in [0, 0.05) is 17.2 Å². The standard InChI is InChI=1S/C23H20O4/c1-24-21-13-18-12-11-17-9-6-10-19(26-15-16-7-4-3-5-8-16)23(17)27-20(18)14-22(21)25-2/h3-14H,15H2,1-2H3. The van der Waals surface area contributed by atoms with E-state index in [4.69, 9.17) is 18.9 Å². The van der Waals surface area contributed by atoms with Gasteiger partial charge in [-0.1, -0.05) is 54.6 Å². The summed E-state index contributed by atoms with van der Waals surface area (Å²) in [5, 5.41) is 0. The fourth-order valence-electron chi connectivity index (χ4n) is 3.01. The molecule has 0 N–H and O–H groups in total. The first kappa shape index (κ1) is 17.0. The van der Waals surface area contributed by atoms with Crippen LogP contribution in [-0.4, -0.2) is 14.2 Å². The zero-order valence-corrected chi connectivity index (χ0v) is 15.3. The number of fused-ring (bicyclic) bond motifs is 2. The maximum atomic E-state index is 6.24. The first-order chi connectivity index (χ1) is 13.3. The highest BCUT2D eigenvalue weighted by Gasteiger charge is 2.18. The van der Waals surface area contributed by atoms with Gasteiger partial charge in [-0.25, -0.2) is 0 Å². The Hall–Kier alpha value is -3.40. The van der Waals surface area contributed by atoms with Gasteiger partial charge in [0.15, 0.2) is 23.0 Å². The van der Waals surface area contributed by atoms with Crippen LogP contribution in [0.25, 0.3) is 12.2 Å². The normalized spacial score (nSPS) is 11.6. The summed E-state index contributed by atoms with van der Waals surface area (Å²) in [6.07, 6.45) is 4.02. The van der Waals surface area contributed by atoms with Gasteiger partial charge in [-0.3, -0.25) is 0 Å². The predicted octanol–water partition coefficient (Wildman–Crippen LogP) is 5.56. The number of methoxy groups -OCH3 is 2. The van der Waals surface area contributed by atoms with Crippen LogP contribution < -0.4 is 18.9 Å². The minimum absolute atomic E-state index is 0.475. The van der Waals surface area contributed by atoms with Gasteiger partial charge < -0.3 is 18.9 Å². The van der Waals surface area contributed by atoms with E-state index >= 15 is 0 Å². The molecule has 1 aliphatic rings. The maximum absolute atomic E-state index is 6.24. The van der Waals surface area contributed by atoms with Crippen LogP contribution in [0.4, 0.5) is 0 Å². The molecule has 0 radical (unpaired) electrons. The summed E-state index contributed by atoms with van der Waals surface area (Å²) in [5.74, 6) is 3.37. The molecule has 0 aromatic heterocycles. The Kier molecular flexibility index (Phi) is 4.71. The third-order valence-corrected chi connectivity index (χ3v) is 4.42. The lowest BCUT2D eigenvalue weighted by molar-refractivity contribution is 0.291. The van der Waals surface area contributed by atoms with Crippen LogP contribution in [0.15, 0.2) is 60.7 Å². The van der Waals surface area contributed by atoms with Crippen molar-refractivity contribution in [3.05, 3.63) is 77.4 Å². The van der Waals surface area contributed by atoms with Crippen molar-refractivity contribution in [2.45, 2.75) is 6.61 Å². The first-order valence-corrected chi connectivity index (χ1v) is 8.70. The van der Waals surface area contributed by atoms with E-state index in [1.54, 1.807) is 14.2 Å². The predicted molar refractivity (Wildman–Crippen MR) is 106 cm³/mol. The molecule has 0 unspecified atom stereocenters. The Morgan fingerprint density at radius 3 is 2.26 bits per heavy atom. The molecule has 1 heterocycles. The molecular weight excluding hydrogens is 340 g/mol. The Morgan fingerprint density at radius 2 is 1.48 bits per heavy atom. The molecule has 4 heteroatoms. The quantitative estimate of drug-likeness (QED) is 0.467. The maximum Gasteiger partial charge on any atom is 0.176 e. The molecule has 3 aromatic carbocycles. The Bertz CT molecular complexity index is 977. The molecule has 0 bridgehead atoms. The van der Waals surface area contributed by atoms with Crippen LogP contribution >= 0.6 is 0 Å². The fourth-order valence-corrected chi connectivity index (χ4v) is 3.01. The van der Waals surface area contributed by atoms with Crippen molar-refractivity contribution in [1.29, 1.82) is 0 Å². The van der Waals surface area contributed by atoms with Gasteiger partial charge in [0.25, 0.3) is 0 Å². The van der Waals surface area contributed by atoms with Crippen molar-refractivity contribution in [1.82, 2.24) is 0 Å². The molecule has 0 saturated heterocycles. The zero-order chi connectivity index (χ0) is 18.6. The average Bonchev–Trinajstić information content (AvgIpc) is 2.91. The molecule has 136 valence electrons. The molecule has 0 aliphatic carbocycles. The summed E-state index contributed by atoms with van der Waals surface area (Å²) in [5.41, 5.74) is 2.97. The van der Waals surface area contributed by atoms with E-state index in [0.29, 0.717) is 35.4 Å². The van der Waals surface area contributed by atoms with Crippen molar-refractivity contribution < 1.29 is 18.9 Å². The SMILES string of the molecule is COc1cc2c(cc1OC)Oc1c(cccc1OCc1ccccc1)C=C2. The van der Waals surface area contributed by atoms with Gasteiger partial charge in [0.05, 0.1) is 14.2 Å². The molecule has 0 spiro atoms. The summed E-state index contributed by atoms with van der Waals surface area (Å²) in [7, 11) is 3.23. The lowest BCUT2D eigenvalue weighted by atomic mass is 10.1.